The van der Waals surface area contributed by atoms with E-state index in [1.807, 2.05) is 0 Å². The predicted molar refractivity (Wildman–Crippen MR) is 66.2 cm³/mol. The average Bonchev–Trinajstić information content (AvgIpc) is 2.27. The third-order valence-corrected chi connectivity index (χ3v) is 3.34. The molecule has 2 aliphatic heterocycles. The topological polar surface area (TPSA) is 13.0 Å². The van der Waals surface area contributed by atoms with E-state index in [4.69, 9.17) is 0 Å². The number of hydrogen-bond acceptors (Lipinski definition) is 4. The van der Waals surface area contributed by atoms with Gasteiger partial charge in [0.25, 0.3) is 0 Å². The van der Waals surface area contributed by atoms with Crippen molar-refractivity contribution in [2.75, 3.05) is 26.4 Å². The second-order valence-corrected chi connectivity index (χ2v) is 5.20. The van der Waals surface area contributed by atoms with Gasteiger partial charge < -0.3 is 0 Å². The van der Waals surface area contributed by atoms with Crippen molar-refractivity contribution < 1.29 is 0 Å². The van der Waals surface area contributed by atoms with Gasteiger partial charge in [0.05, 0.1) is 13.3 Å². The standard InChI is InChI=1S/C12H24N4/c1-11(2)15-9-13-7-5-6-8-14(13)10-16(15)12(3)4/h5-6,11-12H,7-10H2,1-4H3. The van der Waals surface area contributed by atoms with Gasteiger partial charge in [-0.2, -0.15) is 0 Å². The molecule has 0 bridgehead atoms. The van der Waals surface area contributed by atoms with Crippen LogP contribution in [0.4, 0.5) is 0 Å². The lowest BCUT2D eigenvalue weighted by atomic mass is 10.3. The summed E-state index contributed by atoms with van der Waals surface area (Å²) in [7, 11) is 0. The van der Waals surface area contributed by atoms with Crippen molar-refractivity contribution >= 4 is 0 Å². The third-order valence-electron chi connectivity index (χ3n) is 3.34. The lowest BCUT2D eigenvalue weighted by molar-refractivity contribution is -0.240. The summed E-state index contributed by atoms with van der Waals surface area (Å²) in [4.78, 5) is 0. The van der Waals surface area contributed by atoms with Crippen LogP contribution in [0.3, 0.4) is 0 Å². The van der Waals surface area contributed by atoms with Gasteiger partial charge in [0.15, 0.2) is 0 Å². The van der Waals surface area contributed by atoms with Gasteiger partial charge in [0.2, 0.25) is 0 Å². The number of rotatable bonds is 2. The van der Waals surface area contributed by atoms with Crippen molar-refractivity contribution in [3.63, 3.8) is 0 Å². The Morgan fingerprint density at radius 2 is 1.12 bits per heavy atom. The molecule has 2 aliphatic rings. The fourth-order valence-electron chi connectivity index (χ4n) is 2.33. The predicted octanol–water partition coefficient (Wildman–Crippen LogP) is 1.34. The first-order valence-electron chi connectivity index (χ1n) is 6.27. The van der Waals surface area contributed by atoms with E-state index < -0.39 is 0 Å². The van der Waals surface area contributed by atoms with E-state index >= 15 is 0 Å². The molecule has 0 unspecified atom stereocenters. The van der Waals surface area contributed by atoms with Crippen LogP contribution in [0, 0.1) is 0 Å². The van der Waals surface area contributed by atoms with Crippen LogP contribution in [0.5, 0.6) is 0 Å². The highest BCUT2D eigenvalue weighted by Crippen LogP contribution is 2.19. The Morgan fingerprint density at radius 3 is 1.44 bits per heavy atom. The molecule has 0 atom stereocenters. The first-order valence-corrected chi connectivity index (χ1v) is 6.27. The minimum absolute atomic E-state index is 0.565. The fourth-order valence-corrected chi connectivity index (χ4v) is 2.33. The molecule has 0 amide bonds. The first kappa shape index (κ1) is 12.0. The van der Waals surface area contributed by atoms with Crippen LogP contribution in [0.15, 0.2) is 12.2 Å². The van der Waals surface area contributed by atoms with Gasteiger partial charge in [-0.1, -0.05) is 12.2 Å². The van der Waals surface area contributed by atoms with E-state index in [0.29, 0.717) is 12.1 Å². The number of hydrazine groups is 2. The molecule has 1 saturated heterocycles. The third kappa shape index (κ3) is 2.30. The van der Waals surface area contributed by atoms with E-state index in [0.717, 1.165) is 26.4 Å². The minimum atomic E-state index is 0.565. The number of fused-ring (bicyclic) bond motifs is 1. The van der Waals surface area contributed by atoms with Crippen molar-refractivity contribution in [2.24, 2.45) is 0 Å². The van der Waals surface area contributed by atoms with Crippen LogP contribution < -0.4 is 0 Å². The Bertz CT molecular complexity index is 236. The first-order chi connectivity index (χ1) is 7.59. The van der Waals surface area contributed by atoms with Crippen molar-refractivity contribution in [1.29, 1.82) is 0 Å². The van der Waals surface area contributed by atoms with Gasteiger partial charge in [0.1, 0.15) is 0 Å². The summed E-state index contributed by atoms with van der Waals surface area (Å²) in [5.41, 5.74) is 0. The molecule has 0 N–H and O–H groups in total. The number of nitrogens with zero attached hydrogens (tertiary/aromatic N) is 4. The molecular weight excluding hydrogens is 200 g/mol. The molecule has 0 aromatic heterocycles. The van der Waals surface area contributed by atoms with Crippen molar-refractivity contribution in [3.8, 4) is 0 Å². The van der Waals surface area contributed by atoms with Crippen LogP contribution in [0.2, 0.25) is 0 Å². The molecule has 4 heteroatoms. The Balaban J connectivity index is 2.10. The molecule has 16 heavy (non-hydrogen) atoms. The highest BCUT2D eigenvalue weighted by molar-refractivity contribution is 4.92. The van der Waals surface area contributed by atoms with Crippen molar-refractivity contribution in [1.82, 2.24) is 20.0 Å². The Kier molecular flexibility index (Phi) is 3.64. The van der Waals surface area contributed by atoms with Gasteiger partial charge in [0, 0.05) is 25.2 Å². The quantitative estimate of drug-likeness (QED) is 0.656. The van der Waals surface area contributed by atoms with E-state index in [1.165, 1.54) is 0 Å². The maximum Gasteiger partial charge on any atom is 0.0794 e. The molecule has 2 heterocycles. The van der Waals surface area contributed by atoms with Gasteiger partial charge in [-0.15, -0.1) is 0 Å². The van der Waals surface area contributed by atoms with Crippen LogP contribution >= 0.6 is 0 Å². The summed E-state index contributed by atoms with van der Waals surface area (Å²) in [6.07, 6.45) is 4.53. The molecule has 0 aromatic carbocycles. The fraction of sp³-hybridized carbons (Fsp3) is 0.833. The molecule has 2 rings (SSSR count). The van der Waals surface area contributed by atoms with Gasteiger partial charge in [-0.05, 0) is 27.7 Å². The van der Waals surface area contributed by atoms with Crippen LogP contribution in [0.25, 0.3) is 0 Å². The van der Waals surface area contributed by atoms with Crippen LogP contribution in [-0.2, 0) is 0 Å². The number of hydrogen-bond donors (Lipinski definition) is 0. The molecule has 0 radical (unpaired) electrons. The Morgan fingerprint density at radius 1 is 0.750 bits per heavy atom. The summed E-state index contributed by atoms with van der Waals surface area (Å²) >= 11 is 0. The maximum absolute atomic E-state index is 2.47. The van der Waals surface area contributed by atoms with Crippen LogP contribution in [0.1, 0.15) is 27.7 Å². The highest BCUT2D eigenvalue weighted by Gasteiger charge is 2.33. The van der Waals surface area contributed by atoms with Crippen molar-refractivity contribution in [3.05, 3.63) is 12.2 Å². The molecule has 0 aromatic rings. The molecule has 0 spiro atoms. The molecule has 1 fully saturated rings. The Labute approximate surface area is 99.0 Å². The normalized spacial score (nSPS) is 25.6. The molecule has 0 saturated carbocycles. The van der Waals surface area contributed by atoms with E-state index in [2.05, 4.69) is 59.9 Å². The second kappa shape index (κ2) is 4.84. The molecule has 4 nitrogen and oxygen atoms in total. The van der Waals surface area contributed by atoms with E-state index in [9.17, 15) is 0 Å². The molecular formula is C12H24N4. The molecule has 92 valence electrons. The van der Waals surface area contributed by atoms with E-state index in [1.54, 1.807) is 0 Å². The largest absolute Gasteiger partial charge is 0.222 e. The maximum atomic E-state index is 2.47. The van der Waals surface area contributed by atoms with Gasteiger partial charge >= 0.3 is 0 Å². The minimum Gasteiger partial charge on any atom is -0.222 e. The average molecular weight is 224 g/mol. The summed E-state index contributed by atoms with van der Waals surface area (Å²) in [6.45, 7) is 13.2. The highest BCUT2D eigenvalue weighted by atomic mass is 15.8. The summed E-state index contributed by atoms with van der Waals surface area (Å²) in [5.74, 6) is 0. The SMILES string of the molecule is CC(C)N1CN2CC=CCN2CN1C(C)C. The zero-order valence-corrected chi connectivity index (χ0v) is 10.9. The van der Waals surface area contributed by atoms with Crippen molar-refractivity contribution in [2.45, 2.75) is 39.8 Å². The second-order valence-electron chi connectivity index (χ2n) is 5.20. The van der Waals surface area contributed by atoms with Gasteiger partial charge in [-0.25, -0.2) is 20.0 Å². The smallest absolute Gasteiger partial charge is 0.0794 e. The summed E-state index contributed by atoms with van der Waals surface area (Å²) in [6, 6.07) is 1.13. The molecule has 0 aliphatic carbocycles. The monoisotopic (exact) mass is 224 g/mol. The lowest BCUT2D eigenvalue weighted by Crippen LogP contribution is -2.67. The summed E-state index contributed by atoms with van der Waals surface area (Å²) < 4.78 is 0. The summed E-state index contributed by atoms with van der Waals surface area (Å²) in [5, 5.41) is 9.80. The van der Waals surface area contributed by atoms with E-state index in [-0.39, 0.29) is 0 Å². The Hall–Kier alpha value is -0.420. The van der Waals surface area contributed by atoms with Crippen LogP contribution in [-0.4, -0.2) is 58.5 Å². The van der Waals surface area contributed by atoms with Gasteiger partial charge in [-0.3, -0.25) is 0 Å². The zero-order chi connectivity index (χ0) is 11.7. The zero-order valence-electron chi connectivity index (χ0n) is 10.9. The lowest BCUT2D eigenvalue weighted by Gasteiger charge is -2.53.